The van der Waals surface area contributed by atoms with Gasteiger partial charge in [-0.2, -0.15) is 18.4 Å². The number of amides is 1. The maximum absolute atomic E-state index is 13.3. The Balaban J connectivity index is 1.20. The third-order valence-corrected chi connectivity index (χ3v) is 7.72. The highest BCUT2D eigenvalue weighted by Gasteiger charge is 2.34. The van der Waals surface area contributed by atoms with Crippen molar-refractivity contribution in [1.82, 2.24) is 9.88 Å². The first kappa shape index (κ1) is 29.5. The van der Waals surface area contributed by atoms with E-state index in [9.17, 15) is 18.0 Å². The predicted molar refractivity (Wildman–Crippen MR) is 145 cm³/mol. The van der Waals surface area contributed by atoms with Crippen LogP contribution in [0.5, 0.6) is 5.88 Å². The van der Waals surface area contributed by atoms with Gasteiger partial charge < -0.3 is 19.7 Å². The number of anilines is 1. The molecule has 1 saturated carbocycles. The van der Waals surface area contributed by atoms with Crippen LogP contribution < -0.4 is 10.1 Å². The lowest BCUT2D eigenvalue weighted by molar-refractivity contribution is -0.137. The Morgan fingerprint density at radius 2 is 1.88 bits per heavy atom. The molecular formula is C30H37F3N4O3. The monoisotopic (exact) mass is 558 g/mol. The van der Waals surface area contributed by atoms with Gasteiger partial charge in [0.25, 0.3) is 0 Å². The van der Waals surface area contributed by atoms with E-state index in [1.165, 1.54) is 17.7 Å². The lowest BCUT2D eigenvalue weighted by Gasteiger charge is -2.31. The summed E-state index contributed by atoms with van der Waals surface area (Å²) in [6, 6.07) is 9.41. The molecule has 4 rings (SSSR count). The van der Waals surface area contributed by atoms with Crippen molar-refractivity contribution in [2.24, 2.45) is 5.92 Å². The fraction of sp³-hybridized carbons (Fsp3) is 0.567. The van der Waals surface area contributed by atoms with E-state index in [1.54, 1.807) is 17.2 Å². The van der Waals surface area contributed by atoms with E-state index in [2.05, 4.69) is 10.3 Å². The summed E-state index contributed by atoms with van der Waals surface area (Å²) in [5, 5.41) is 12.2. The zero-order valence-electron chi connectivity index (χ0n) is 22.9. The normalized spacial score (nSPS) is 20.0. The minimum absolute atomic E-state index is 0.00397. The second-order valence-corrected chi connectivity index (χ2v) is 10.7. The maximum Gasteiger partial charge on any atom is 0.417 e. The van der Waals surface area contributed by atoms with Crippen LogP contribution in [0.3, 0.4) is 0 Å². The van der Waals surface area contributed by atoms with Crippen LogP contribution in [0.4, 0.5) is 23.7 Å². The molecule has 1 amide bonds. The molecule has 40 heavy (non-hydrogen) atoms. The second kappa shape index (κ2) is 13.7. The van der Waals surface area contributed by atoms with Gasteiger partial charge >= 0.3 is 12.3 Å². The number of rotatable bonds is 9. The first-order chi connectivity index (χ1) is 19.2. The number of halogens is 3. The Labute approximate surface area is 233 Å². The van der Waals surface area contributed by atoms with Crippen LogP contribution in [0.25, 0.3) is 0 Å². The average Bonchev–Trinajstić information content (AvgIpc) is 2.96. The number of likely N-dealkylation sites (tertiary alicyclic amines) is 1. The van der Waals surface area contributed by atoms with Crippen molar-refractivity contribution in [2.75, 3.05) is 25.0 Å². The molecule has 2 fully saturated rings. The van der Waals surface area contributed by atoms with Gasteiger partial charge in [-0.3, -0.25) is 0 Å². The number of benzene rings is 1. The molecule has 1 aliphatic carbocycles. The first-order valence-corrected chi connectivity index (χ1v) is 14.2. The van der Waals surface area contributed by atoms with Gasteiger partial charge in [0.1, 0.15) is 6.10 Å². The summed E-state index contributed by atoms with van der Waals surface area (Å²) >= 11 is 0. The molecule has 0 radical (unpaired) electrons. The average molecular weight is 559 g/mol. The predicted octanol–water partition coefficient (Wildman–Crippen LogP) is 6.97. The standard InChI is InChI=1S/C30H37F3N4O3/c1-2-17-39-29(38)37-15-12-21(13-16-37)3-4-22-11-14-35-28(18-22)40-26-9-7-24(8-10-26)36-25-6-5-23(20-34)27(19-25)30(31,32)33/h5-6,11,14,18-19,21,24,26,36H,2-4,7-10,12-13,15-17H2,1H3. The topological polar surface area (TPSA) is 87.5 Å². The Kier molecular flexibility index (Phi) is 10.1. The number of ether oxygens (including phenoxy) is 2. The Morgan fingerprint density at radius 3 is 2.55 bits per heavy atom. The number of carbonyl (C=O) groups is 1. The van der Waals surface area contributed by atoms with E-state index in [1.807, 2.05) is 19.1 Å². The summed E-state index contributed by atoms with van der Waals surface area (Å²) in [5.41, 5.74) is 0.249. The van der Waals surface area contributed by atoms with Crippen molar-refractivity contribution >= 4 is 11.8 Å². The maximum atomic E-state index is 13.3. The number of aromatic nitrogens is 1. The molecule has 216 valence electrons. The molecule has 2 aromatic rings. The van der Waals surface area contributed by atoms with Crippen LogP contribution in [0, 0.1) is 17.2 Å². The Morgan fingerprint density at radius 1 is 1.12 bits per heavy atom. The van der Waals surface area contributed by atoms with E-state index in [0.29, 0.717) is 24.1 Å². The molecular weight excluding hydrogens is 521 g/mol. The summed E-state index contributed by atoms with van der Waals surface area (Å²) in [4.78, 5) is 18.2. The summed E-state index contributed by atoms with van der Waals surface area (Å²) in [6.07, 6.45) is 4.81. The summed E-state index contributed by atoms with van der Waals surface area (Å²) in [7, 11) is 0. The molecule has 0 spiro atoms. The van der Waals surface area contributed by atoms with Gasteiger partial charge in [0.15, 0.2) is 0 Å². The lowest BCUT2D eigenvalue weighted by atomic mass is 9.91. The van der Waals surface area contributed by atoms with Crippen molar-refractivity contribution in [3.8, 4) is 11.9 Å². The highest BCUT2D eigenvalue weighted by atomic mass is 19.4. The van der Waals surface area contributed by atoms with E-state index in [-0.39, 0.29) is 23.8 Å². The first-order valence-electron chi connectivity index (χ1n) is 14.2. The van der Waals surface area contributed by atoms with Crippen LogP contribution >= 0.6 is 0 Å². The molecule has 7 nitrogen and oxygen atoms in total. The van der Waals surface area contributed by atoms with E-state index in [4.69, 9.17) is 14.7 Å². The number of carbonyl (C=O) groups excluding carboxylic acids is 1. The van der Waals surface area contributed by atoms with Crippen LogP contribution in [0.15, 0.2) is 36.5 Å². The van der Waals surface area contributed by atoms with Crippen molar-refractivity contribution < 1.29 is 27.4 Å². The quantitative estimate of drug-likeness (QED) is 0.358. The van der Waals surface area contributed by atoms with Crippen LogP contribution in [-0.2, 0) is 17.3 Å². The Bertz CT molecular complexity index is 1170. The molecule has 1 aromatic carbocycles. The van der Waals surface area contributed by atoms with Crippen molar-refractivity contribution in [3.63, 3.8) is 0 Å². The molecule has 1 saturated heterocycles. The molecule has 0 bridgehead atoms. The Hall–Kier alpha value is -3.48. The van der Waals surface area contributed by atoms with Gasteiger partial charge in [0.05, 0.1) is 23.8 Å². The number of aryl methyl sites for hydroxylation is 1. The lowest BCUT2D eigenvalue weighted by Crippen LogP contribution is -2.39. The van der Waals surface area contributed by atoms with Crippen molar-refractivity contribution in [2.45, 2.75) is 83.0 Å². The molecule has 2 aliphatic rings. The SMILES string of the molecule is CCCOC(=O)N1CCC(CCc2ccnc(OC3CCC(Nc4ccc(C#N)c(C(F)(F)F)c4)CC3)c2)CC1. The number of nitriles is 1. The molecule has 0 unspecified atom stereocenters. The smallest absolute Gasteiger partial charge is 0.417 e. The van der Waals surface area contributed by atoms with Gasteiger partial charge in [-0.05, 0) is 93.5 Å². The van der Waals surface area contributed by atoms with Crippen LogP contribution in [0.2, 0.25) is 0 Å². The summed E-state index contributed by atoms with van der Waals surface area (Å²) in [5.74, 6) is 1.17. The van der Waals surface area contributed by atoms with E-state index in [0.717, 1.165) is 76.9 Å². The van der Waals surface area contributed by atoms with E-state index < -0.39 is 11.7 Å². The number of hydrogen-bond acceptors (Lipinski definition) is 6. The molecule has 1 aromatic heterocycles. The molecule has 0 atom stereocenters. The number of nitrogens with zero attached hydrogens (tertiary/aromatic N) is 3. The fourth-order valence-electron chi connectivity index (χ4n) is 5.42. The number of piperidine rings is 1. The minimum Gasteiger partial charge on any atom is -0.474 e. The van der Waals surface area contributed by atoms with Gasteiger partial charge in [-0.25, -0.2) is 9.78 Å². The highest BCUT2D eigenvalue weighted by Crippen LogP contribution is 2.34. The van der Waals surface area contributed by atoms with Crippen molar-refractivity contribution in [3.05, 3.63) is 53.2 Å². The number of pyridine rings is 1. The summed E-state index contributed by atoms with van der Waals surface area (Å²) < 4.78 is 51.3. The molecule has 1 N–H and O–H groups in total. The highest BCUT2D eigenvalue weighted by molar-refractivity contribution is 5.67. The zero-order valence-corrected chi connectivity index (χ0v) is 22.9. The number of alkyl halides is 3. The fourth-order valence-corrected chi connectivity index (χ4v) is 5.42. The van der Waals surface area contributed by atoms with Crippen LogP contribution in [0.1, 0.15) is 75.0 Å². The molecule has 10 heteroatoms. The summed E-state index contributed by atoms with van der Waals surface area (Å²) in [6.45, 7) is 3.93. The van der Waals surface area contributed by atoms with Gasteiger partial charge in [0.2, 0.25) is 5.88 Å². The third kappa shape index (κ3) is 8.26. The molecule has 2 heterocycles. The zero-order chi connectivity index (χ0) is 28.5. The van der Waals surface area contributed by atoms with Gasteiger partial charge in [0, 0.05) is 37.1 Å². The second-order valence-electron chi connectivity index (χ2n) is 10.7. The van der Waals surface area contributed by atoms with Gasteiger partial charge in [-0.1, -0.05) is 6.92 Å². The van der Waals surface area contributed by atoms with Gasteiger partial charge in [-0.15, -0.1) is 0 Å². The van der Waals surface area contributed by atoms with Crippen molar-refractivity contribution in [1.29, 1.82) is 5.26 Å². The van der Waals surface area contributed by atoms with E-state index >= 15 is 0 Å². The third-order valence-electron chi connectivity index (χ3n) is 7.72. The minimum atomic E-state index is -4.57. The number of nitrogens with one attached hydrogen (secondary N) is 1. The van der Waals surface area contributed by atoms with Crippen LogP contribution in [-0.4, -0.2) is 47.8 Å². The number of hydrogen-bond donors (Lipinski definition) is 1. The molecule has 1 aliphatic heterocycles. The largest absolute Gasteiger partial charge is 0.474 e.